The zero-order chi connectivity index (χ0) is 14.8. The fourth-order valence-electron chi connectivity index (χ4n) is 2.06. The van der Waals surface area contributed by atoms with Gasteiger partial charge >= 0.3 is 0 Å². The third-order valence-corrected chi connectivity index (χ3v) is 5.00. The van der Waals surface area contributed by atoms with Crippen LogP contribution in [0, 0.1) is 6.92 Å². The van der Waals surface area contributed by atoms with Crippen LogP contribution in [0.5, 0.6) is 5.75 Å². The van der Waals surface area contributed by atoms with Crippen LogP contribution >= 0.6 is 0 Å². The van der Waals surface area contributed by atoms with Gasteiger partial charge in [-0.3, -0.25) is 4.31 Å². The Morgan fingerprint density at radius 1 is 1.05 bits per heavy atom. The molecule has 0 aliphatic rings. The van der Waals surface area contributed by atoms with Crippen LogP contribution in [-0.4, -0.2) is 20.1 Å². The summed E-state index contributed by atoms with van der Waals surface area (Å²) in [6.07, 6.45) is 0. The molecule has 5 heteroatoms. The van der Waals surface area contributed by atoms with Gasteiger partial charge in [0.2, 0.25) is 0 Å². The molecule has 0 radical (unpaired) electrons. The highest BCUT2D eigenvalue weighted by atomic mass is 32.2. The number of hydrogen-bond donors (Lipinski definition) is 1. The number of sulfonamides is 1. The van der Waals surface area contributed by atoms with E-state index in [9.17, 15) is 13.5 Å². The fraction of sp³-hybridized carbons (Fsp3) is 0.200. The lowest BCUT2D eigenvalue weighted by Crippen LogP contribution is -2.31. The van der Waals surface area contributed by atoms with E-state index >= 15 is 0 Å². The van der Waals surface area contributed by atoms with Gasteiger partial charge in [0.25, 0.3) is 10.0 Å². The number of hydrogen-bond acceptors (Lipinski definition) is 3. The number of phenolic OH excluding ortho intramolecular Hbond substituents is 1. The summed E-state index contributed by atoms with van der Waals surface area (Å²) in [7, 11) is -3.62. The Morgan fingerprint density at radius 3 is 2.20 bits per heavy atom. The molecule has 0 aromatic heterocycles. The first-order chi connectivity index (χ1) is 9.46. The third-order valence-electron chi connectivity index (χ3n) is 3.10. The molecule has 1 N–H and O–H groups in total. The minimum atomic E-state index is -3.62. The smallest absolute Gasteiger partial charge is 0.264 e. The summed E-state index contributed by atoms with van der Waals surface area (Å²) in [5, 5.41) is 9.27. The molecule has 0 saturated carbocycles. The van der Waals surface area contributed by atoms with Gasteiger partial charge in [0, 0.05) is 6.54 Å². The molecule has 0 saturated heterocycles. The van der Waals surface area contributed by atoms with Crippen molar-refractivity contribution in [3.63, 3.8) is 0 Å². The number of nitrogens with zero attached hydrogens (tertiary/aromatic N) is 1. The van der Waals surface area contributed by atoms with Crippen LogP contribution in [0.2, 0.25) is 0 Å². The summed E-state index contributed by atoms with van der Waals surface area (Å²) >= 11 is 0. The van der Waals surface area contributed by atoms with Crippen molar-refractivity contribution in [3.05, 3.63) is 54.1 Å². The van der Waals surface area contributed by atoms with Gasteiger partial charge in [-0.15, -0.1) is 0 Å². The van der Waals surface area contributed by atoms with Crippen molar-refractivity contribution in [2.24, 2.45) is 0 Å². The molecule has 2 aromatic rings. The first kappa shape index (κ1) is 14.4. The van der Waals surface area contributed by atoms with E-state index in [0.29, 0.717) is 12.2 Å². The highest BCUT2D eigenvalue weighted by molar-refractivity contribution is 7.92. The molecule has 106 valence electrons. The number of para-hydroxylation sites is 1. The second kappa shape index (κ2) is 5.54. The van der Waals surface area contributed by atoms with E-state index in [-0.39, 0.29) is 10.6 Å². The summed E-state index contributed by atoms with van der Waals surface area (Å²) in [6.45, 7) is 4.02. The van der Waals surface area contributed by atoms with Crippen LogP contribution in [0.25, 0.3) is 0 Å². The minimum Gasteiger partial charge on any atom is -0.508 e. The molecule has 0 aliphatic carbocycles. The third kappa shape index (κ3) is 2.63. The lowest BCUT2D eigenvalue weighted by atomic mass is 10.2. The Bertz CT molecular complexity index is 693. The van der Waals surface area contributed by atoms with E-state index in [0.717, 1.165) is 5.56 Å². The monoisotopic (exact) mass is 291 g/mol. The molecule has 0 fully saturated rings. The molecule has 20 heavy (non-hydrogen) atoms. The van der Waals surface area contributed by atoms with Gasteiger partial charge in [0.1, 0.15) is 5.75 Å². The quantitative estimate of drug-likeness (QED) is 0.942. The molecular weight excluding hydrogens is 274 g/mol. The Kier molecular flexibility index (Phi) is 3.99. The van der Waals surface area contributed by atoms with Crippen molar-refractivity contribution < 1.29 is 13.5 Å². The van der Waals surface area contributed by atoms with Crippen molar-refractivity contribution in [2.45, 2.75) is 18.7 Å². The zero-order valence-corrected chi connectivity index (χ0v) is 12.3. The molecule has 0 atom stereocenters. The number of anilines is 1. The van der Waals surface area contributed by atoms with E-state index in [1.165, 1.54) is 28.6 Å². The molecule has 0 unspecified atom stereocenters. The van der Waals surface area contributed by atoms with E-state index in [1.54, 1.807) is 13.0 Å². The fourth-order valence-corrected chi connectivity index (χ4v) is 3.60. The zero-order valence-electron chi connectivity index (χ0n) is 11.4. The SMILES string of the molecule is CCN(c1ccccc1C)S(=O)(=O)c1ccc(O)cc1. The molecule has 4 nitrogen and oxygen atoms in total. The molecule has 0 bridgehead atoms. The van der Waals surface area contributed by atoms with Crippen molar-refractivity contribution >= 4 is 15.7 Å². The Morgan fingerprint density at radius 2 is 1.65 bits per heavy atom. The number of aromatic hydroxyl groups is 1. The molecule has 2 aromatic carbocycles. The summed E-state index contributed by atoms with van der Waals surface area (Å²) in [5.41, 5.74) is 1.57. The van der Waals surface area contributed by atoms with Gasteiger partial charge in [-0.25, -0.2) is 8.42 Å². The van der Waals surface area contributed by atoms with Gasteiger partial charge < -0.3 is 5.11 Å². The first-order valence-corrected chi connectivity index (χ1v) is 7.78. The maximum absolute atomic E-state index is 12.7. The maximum Gasteiger partial charge on any atom is 0.264 e. The summed E-state index contributed by atoms with van der Waals surface area (Å²) in [4.78, 5) is 0.167. The van der Waals surface area contributed by atoms with Crippen LogP contribution in [0.15, 0.2) is 53.4 Å². The first-order valence-electron chi connectivity index (χ1n) is 6.34. The predicted octanol–water partition coefficient (Wildman–Crippen LogP) is 2.92. The molecule has 2 rings (SSSR count). The highest BCUT2D eigenvalue weighted by Gasteiger charge is 2.24. The van der Waals surface area contributed by atoms with Crippen molar-refractivity contribution in [2.75, 3.05) is 10.8 Å². The van der Waals surface area contributed by atoms with Gasteiger partial charge in [0.05, 0.1) is 10.6 Å². The van der Waals surface area contributed by atoms with Gasteiger partial charge in [-0.05, 0) is 49.7 Å². The average Bonchev–Trinajstić information content (AvgIpc) is 2.42. The predicted molar refractivity (Wildman–Crippen MR) is 79.5 cm³/mol. The minimum absolute atomic E-state index is 0.0443. The lowest BCUT2D eigenvalue weighted by Gasteiger charge is -2.24. The van der Waals surface area contributed by atoms with Gasteiger partial charge in [0.15, 0.2) is 0 Å². The van der Waals surface area contributed by atoms with E-state index in [4.69, 9.17) is 0 Å². The van der Waals surface area contributed by atoms with Crippen molar-refractivity contribution in [3.8, 4) is 5.75 Å². The normalized spacial score (nSPS) is 11.3. The van der Waals surface area contributed by atoms with Crippen LogP contribution in [0.4, 0.5) is 5.69 Å². The standard InChI is InChI=1S/C15H17NO3S/c1-3-16(15-7-5-4-6-12(15)2)20(18,19)14-10-8-13(17)9-11-14/h4-11,17H,3H2,1-2H3. The maximum atomic E-state index is 12.7. The van der Waals surface area contributed by atoms with E-state index in [2.05, 4.69) is 0 Å². The summed E-state index contributed by atoms with van der Waals surface area (Å²) < 4.78 is 26.7. The molecule has 0 heterocycles. The molecule has 0 spiro atoms. The topological polar surface area (TPSA) is 57.6 Å². The summed E-state index contributed by atoms with van der Waals surface area (Å²) in [6, 6.07) is 12.9. The molecule has 0 aliphatic heterocycles. The summed E-state index contributed by atoms with van der Waals surface area (Å²) in [5.74, 6) is 0.0443. The largest absolute Gasteiger partial charge is 0.508 e. The van der Waals surface area contributed by atoms with Gasteiger partial charge in [-0.2, -0.15) is 0 Å². The second-order valence-corrected chi connectivity index (χ2v) is 6.31. The Hall–Kier alpha value is -2.01. The van der Waals surface area contributed by atoms with E-state index < -0.39 is 10.0 Å². The number of rotatable bonds is 4. The van der Waals surface area contributed by atoms with Crippen LogP contribution in [0.3, 0.4) is 0 Å². The highest BCUT2D eigenvalue weighted by Crippen LogP contribution is 2.27. The van der Waals surface area contributed by atoms with Crippen molar-refractivity contribution in [1.29, 1.82) is 0 Å². The molecule has 0 amide bonds. The van der Waals surface area contributed by atoms with Crippen molar-refractivity contribution in [1.82, 2.24) is 0 Å². The average molecular weight is 291 g/mol. The number of phenols is 1. The van der Waals surface area contributed by atoms with Crippen LogP contribution in [0.1, 0.15) is 12.5 Å². The number of benzene rings is 2. The van der Waals surface area contributed by atoms with Crippen LogP contribution < -0.4 is 4.31 Å². The lowest BCUT2D eigenvalue weighted by molar-refractivity contribution is 0.475. The second-order valence-electron chi connectivity index (χ2n) is 4.45. The Labute approximate surface area is 119 Å². The van der Waals surface area contributed by atoms with Crippen LogP contribution in [-0.2, 0) is 10.0 Å². The Balaban J connectivity index is 2.51. The number of aryl methyl sites for hydroxylation is 1. The van der Waals surface area contributed by atoms with Gasteiger partial charge in [-0.1, -0.05) is 18.2 Å². The molecular formula is C15H17NO3S. The van der Waals surface area contributed by atoms with E-state index in [1.807, 2.05) is 25.1 Å².